The predicted octanol–water partition coefficient (Wildman–Crippen LogP) is 1.43. The predicted molar refractivity (Wildman–Crippen MR) is 77.3 cm³/mol. The first-order valence-electron chi connectivity index (χ1n) is 6.85. The maximum absolute atomic E-state index is 5.91. The van der Waals surface area contributed by atoms with Crippen LogP contribution < -0.4 is 10.6 Å². The lowest BCUT2D eigenvalue weighted by Crippen LogP contribution is -2.45. The topological polar surface area (TPSA) is 38.2 Å². The van der Waals surface area contributed by atoms with Gasteiger partial charge in [-0.15, -0.1) is 0 Å². The van der Waals surface area contributed by atoms with E-state index in [2.05, 4.69) is 52.7 Å². The van der Waals surface area contributed by atoms with Crippen molar-refractivity contribution in [3.8, 4) is 0 Å². The van der Waals surface area contributed by atoms with E-state index in [1.807, 2.05) is 7.05 Å². The molecule has 19 heavy (non-hydrogen) atoms. The SMILES string of the molecule is CNC(c1cn(C)c2ccccc12)C1CNCCO1. The van der Waals surface area contributed by atoms with E-state index in [9.17, 15) is 0 Å². The zero-order valence-corrected chi connectivity index (χ0v) is 11.5. The Morgan fingerprint density at radius 1 is 1.42 bits per heavy atom. The molecule has 1 fully saturated rings. The molecular weight excluding hydrogens is 238 g/mol. The summed E-state index contributed by atoms with van der Waals surface area (Å²) in [6, 6.07) is 8.74. The van der Waals surface area contributed by atoms with Crippen molar-refractivity contribution in [2.45, 2.75) is 12.1 Å². The number of aromatic nitrogens is 1. The van der Waals surface area contributed by atoms with Gasteiger partial charge < -0.3 is 19.9 Å². The highest BCUT2D eigenvalue weighted by molar-refractivity contribution is 5.84. The first-order valence-corrected chi connectivity index (χ1v) is 6.85. The molecule has 2 N–H and O–H groups in total. The fraction of sp³-hybridized carbons (Fsp3) is 0.467. The van der Waals surface area contributed by atoms with Crippen LogP contribution in [0.1, 0.15) is 11.6 Å². The Balaban J connectivity index is 2.01. The number of aryl methyl sites for hydroxylation is 1. The van der Waals surface area contributed by atoms with Crippen LogP contribution in [-0.4, -0.2) is 37.4 Å². The summed E-state index contributed by atoms with van der Waals surface area (Å²) < 4.78 is 8.10. The first-order chi connectivity index (χ1) is 9.31. The van der Waals surface area contributed by atoms with Crippen LogP contribution in [-0.2, 0) is 11.8 Å². The quantitative estimate of drug-likeness (QED) is 0.875. The van der Waals surface area contributed by atoms with Crippen molar-refractivity contribution >= 4 is 10.9 Å². The molecule has 2 atom stereocenters. The van der Waals surface area contributed by atoms with E-state index in [4.69, 9.17) is 4.74 Å². The van der Waals surface area contributed by atoms with Gasteiger partial charge in [-0.05, 0) is 18.7 Å². The van der Waals surface area contributed by atoms with Crippen molar-refractivity contribution in [3.05, 3.63) is 36.0 Å². The third-order valence-electron chi connectivity index (χ3n) is 3.90. The minimum absolute atomic E-state index is 0.185. The van der Waals surface area contributed by atoms with Crippen molar-refractivity contribution in [3.63, 3.8) is 0 Å². The Labute approximate surface area is 113 Å². The summed E-state index contributed by atoms with van der Waals surface area (Å²) in [5.74, 6) is 0. The highest BCUT2D eigenvalue weighted by Crippen LogP contribution is 2.29. The summed E-state index contributed by atoms with van der Waals surface area (Å²) in [6.07, 6.45) is 2.40. The lowest BCUT2D eigenvalue weighted by atomic mass is 10.00. The number of nitrogens with zero attached hydrogens (tertiary/aromatic N) is 1. The van der Waals surface area contributed by atoms with Crippen LogP contribution in [0, 0.1) is 0 Å². The van der Waals surface area contributed by atoms with Gasteiger partial charge in [0.15, 0.2) is 0 Å². The molecule has 0 spiro atoms. The molecule has 0 aliphatic carbocycles. The van der Waals surface area contributed by atoms with Crippen molar-refractivity contribution in [2.24, 2.45) is 7.05 Å². The molecule has 3 rings (SSSR count). The Bertz CT molecular complexity index is 558. The van der Waals surface area contributed by atoms with Crippen molar-refractivity contribution in [1.82, 2.24) is 15.2 Å². The number of hydrogen-bond acceptors (Lipinski definition) is 3. The van der Waals surface area contributed by atoms with E-state index in [1.54, 1.807) is 0 Å². The van der Waals surface area contributed by atoms with Gasteiger partial charge in [0, 0.05) is 37.2 Å². The number of hydrogen-bond donors (Lipinski definition) is 2. The summed E-state index contributed by atoms with van der Waals surface area (Å²) in [7, 11) is 4.10. The second-order valence-corrected chi connectivity index (χ2v) is 5.09. The number of fused-ring (bicyclic) bond motifs is 1. The van der Waals surface area contributed by atoms with Crippen molar-refractivity contribution < 1.29 is 4.74 Å². The van der Waals surface area contributed by atoms with Crippen molar-refractivity contribution in [1.29, 1.82) is 0 Å². The summed E-state index contributed by atoms with van der Waals surface area (Å²) in [5, 5.41) is 8.12. The molecule has 1 saturated heterocycles. The molecule has 0 saturated carbocycles. The van der Waals surface area contributed by atoms with Crippen LogP contribution in [0.4, 0.5) is 0 Å². The average Bonchev–Trinajstić information content (AvgIpc) is 2.79. The number of benzene rings is 1. The van der Waals surface area contributed by atoms with E-state index in [-0.39, 0.29) is 12.1 Å². The van der Waals surface area contributed by atoms with Crippen LogP contribution >= 0.6 is 0 Å². The lowest BCUT2D eigenvalue weighted by Gasteiger charge is -2.30. The largest absolute Gasteiger partial charge is 0.374 e. The summed E-state index contributed by atoms with van der Waals surface area (Å²) in [6.45, 7) is 2.63. The number of para-hydroxylation sites is 1. The number of morpholine rings is 1. The molecule has 2 aromatic rings. The van der Waals surface area contributed by atoms with Gasteiger partial charge in [0.05, 0.1) is 18.8 Å². The highest BCUT2D eigenvalue weighted by atomic mass is 16.5. The van der Waals surface area contributed by atoms with E-state index in [1.165, 1.54) is 16.5 Å². The Kier molecular flexibility index (Phi) is 3.55. The average molecular weight is 259 g/mol. The van der Waals surface area contributed by atoms with Crippen LogP contribution in [0.25, 0.3) is 10.9 Å². The van der Waals surface area contributed by atoms with Gasteiger partial charge in [-0.3, -0.25) is 0 Å². The fourth-order valence-electron chi connectivity index (χ4n) is 2.96. The monoisotopic (exact) mass is 259 g/mol. The summed E-state index contributed by atoms with van der Waals surface area (Å²) >= 11 is 0. The molecule has 102 valence electrons. The molecule has 1 aliphatic heterocycles. The fourth-order valence-corrected chi connectivity index (χ4v) is 2.96. The van der Waals surface area contributed by atoms with Gasteiger partial charge in [0.25, 0.3) is 0 Å². The molecule has 0 amide bonds. The number of rotatable bonds is 3. The van der Waals surface area contributed by atoms with Crippen LogP contribution in [0.5, 0.6) is 0 Å². The number of likely N-dealkylation sites (N-methyl/N-ethyl adjacent to an activating group) is 1. The zero-order valence-electron chi connectivity index (χ0n) is 11.5. The standard InChI is InChI=1S/C15H21N3O/c1-16-15(14-9-17-7-8-19-14)12-10-18(2)13-6-4-3-5-11(12)13/h3-6,10,14-17H,7-9H2,1-2H3. The second kappa shape index (κ2) is 5.33. The lowest BCUT2D eigenvalue weighted by molar-refractivity contribution is 0.00565. The van der Waals surface area contributed by atoms with E-state index in [0.29, 0.717) is 0 Å². The minimum atomic E-state index is 0.185. The van der Waals surface area contributed by atoms with Gasteiger partial charge in [-0.2, -0.15) is 0 Å². The molecule has 1 aromatic heterocycles. The molecule has 2 unspecified atom stereocenters. The van der Waals surface area contributed by atoms with Gasteiger partial charge in [0.1, 0.15) is 0 Å². The van der Waals surface area contributed by atoms with E-state index < -0.39 is 0 Å². The van der Waals surface area contributed by atoms with E-state index >= 15 is 0 Å². The summed E-state index contributed by atoms with van der Waals surface area (Å²) in [5.41, 5.74) is 2.58. The Morgan fingerprint density at radius 3 is 3.00 bits per heavy atom. The van der Waals surface area contributed by atoms with Gasteiger partial charge in [-0.25, -0.2) is 0 Å². The van der Waals surface area contributed by atoms with Gasteiger partial charge in [0.2, 0.25) is 0 Å². The van der Waals surface area contributed by atoms with E-state index in [0.717, 1.165) is 19.7 Å². The normalized spacial score (nSPS) is 21.7. The Hall–Kier alpha value is -1.36. The van der Waals surface area contributed by atoms with Crippen LogP contribution in [0.15, 0.2) is 30.5 Å². The van der Waals surface area contributed by atoms with Gasteiger partial charge >= 0.3 is 0 Å². The molecule has 0 bridgehead atoms. The molecule has 2 heterocycles. The Morgan fingerprint density at radius 2 is 2.26 bits per heavy atom. The molecule has 4 heteroatoms. The molecular formula is C15H21N3O. The molecule has 4 nitrogen and oxygen atoms in total. The number of nitrogens with one attached hydrogen (secondary N) is 2. The zero-order chi connectivity index (χ0) is 13.2. The minimum Gasteiger partial charge on any atom is -0.374 e. The third kappa shape index (κ3) is 2.27. The first kappa shape index (κ1) is 12.7. The van der Waals surface area contributed by atoms with Gasteiger partial charge in [-0.1, -0.05) is 18.2 Å². The second-order valence-electron chi connectivity index (χ2n) is 5.09. The molecule has 0 radical (unpaired) electrons. The van der Waals surface area contributed by atoms with Crippen LogP contribution in [0.2, 0.25) is 0 Å². The number of ether oxygens (including phenoxy) is 1. The van der Waals surface area contributed by atoms with Crippen LogP contribution in [0.3, 0.4) is 0 Å². The van der Waals surface area contributed by atoms with Crippen molar-refractivity contribution in [2.75, 3.05) is 26.7 Å². The highest BCUT2D eigenvalue weighted by Gasteiger charge is 2.26. The summed E-state index contributed by atoms with van der Waals surface area (Å²) in [4.78, 5) is 0. The maximum atomic E-state index is 5.91. The molecule has 1 aliphatic rings. The molecule has 1 aromatic carbocycles. The third-order valence-corrected chi connectivity index (χ3v) is 3.90. The smallest absolute Gasteiger partial charge is 0.0895 e. The maximum Gasteiger partial charge on any atom is 0.0895 e.